The van der Waals surface area contributed by atoms with Crippen LogP contribution in [0.15, 0.2) is 12.2 Å². The Hall–Kier alpha value is 0.211. The predicted molar refractivity (Wildman–Crippen MR) is 36.6 cm³/mol. The van der Waals surface area contributed by atoms with Gasteiger partial charge in [-0.15, -0.1) is 0 Å². The summed E-state index contributed by atoms with van der Waals surface area (Å²) in [6.07, 6.45) is 1.12. The number of aliphatic carboxylic acids is 2. The first-order valence-corrected chi connectivity index (χ1v) is 1.77. The second-order valence-corrected chi connectivity index (χ2v) is 1.01. The Labute approximate surface area is 97.1 Å². The molecule has 5 nitrogen and oxygen atoms in total. The summed E-state index contributed by atoms with van der Waals surface area (Å²) in [6, 6.07) is 0. The second kappa shape index (κ2) is 9.21. The summed E-state index contributed by atoms with van der Waals surface area (Å²) in [5.74, 6) is -2.51. The van der Waals surface area contributed by atoms with E-state index in [1.165, 1.54) is 0 Å². The SMILES string of the molecule is O.O=C(O)/C=C\C(=O)O.[BaH2]. The molecule has 0 bridgehead atoms. The number of hydrogen-bond donors (Lipinski definition) is 2. The van der Waals surface area contributed by atoms with E-state index >= 15 is 0 Å². The first-order chi connectivity index (χ1) is 3.63. The van der Waals surface area contributed by atoms with Crippen LogP contribution in [0.2, 0.25) is 0 Å². The molecule has 0 spiro atoms. The van der Waals surface area contributed by atoms with Crippen molar-refractivity contribution < 1.29 is 25.3 Å². The van der Waals surface area contributed by atoms with Crippen LogP contribution in [0.5, 0.6) is 0 Å². The van der Waals surface area contributed by atoms with E-state index in [0.717, 1.165) is 0 Å². The van der Waals surface area contributed by atoms with Gasteiger partial charge in [-0.3, -0.25) is 0 Å². The fraction of sp³-hybridized carbons (Fsp3) is 0. The quantitative estimate of drug-likeness (QED) is 0.447. The molecule has 0 rings (SSSR count). The Morgan fingerprint density at radius 1 is 1.00 bits per heavy atom. The number of carbonyl (C=O) groups is 2. The molecule has 0 atom stereocenters. The number of carboxylic acid groups (broad SMARTS) is 2. The fourth-order valence-corrected chi connectivity index (χ4v) is 0.143. The van der Waals surface area contributed by atoms with E-state index in [-0.39, 0.29) is 54.4 Å². The van der Waals surface area contributed by atoms with Crippen molar-refractivity contribution >= 4 is 60.8 Å². The van der Waals surface area contributed by atoms with E-state index in [0.29, 0.717) is 12.2 Å². The van der Waals surface area contributed by atoms with E-state index in [9.17, 15) is 9.59 Å². The van der Waals surface area contributed by atoms with Crippen molar-refractivity contribution in [3.05, 3.63) is 12.2 Å². The average molecular weight is 273 g/mol. The molecule has 0 saturated heterocycles. The van der Waals surface area contributed by atoms with Gasteiger partial charge in [0.05, 0.1) is 0 Å². The van der Waals surface area contributed by atoms with Gasteiger partial charge in [0, 0.05) is 12.2 Å². The van der Waals surface area contributed by atoms with Gasteiger partial charge in [0.25, 0.3) is 0 Å². The minimum atomic E-state index is -1.26. The molecular weight excluding hydrogens is 265 g/mol. The first kappa shape index (κ1) is 16.7. The molecule has 0 aromatic heterocycles. The van der Waals surface area contributed by atoms with Crippen molar-refractivity contribution in [3.63, 3.8) is 0 Å². The van der Waals surface area contributed by atoms with Crippen LogP contribution in [0, 0.1) is 0 Å². The Kier molecular flexibility index (Phi) is 15.3. The van der Waals surface area contributed by atoms with Crippen molar-refractivity contribution in [2.75, 3.05) is 0 Å². The molecule has 0 aromatic carbocycles. The summed E-state index contributed by atoms with van der Waals surface area (Å²) in [5.41, 5.74) is 0. The normalized spacial score (nSPS) is 7.60. The van der Waals surface area contributed by atoms with Crippen LogP contribution >= 0.6 is 0 Å². The molecule has 0 aliphatic heterocycles. The Balaban J connectivity index is -0.000000245. The molecule has 10 heavy (non-hydrogen) atoms. The third kappa shape index (κ3) is 15.7. The predicted octanol–water partition coefficient (Wildman–Crippen LogP) is -2.03. The van der Waals surface area contributed by atoms with E-state index in [1.54, 1.807) is 0 Å². The van der Waals surface area contributed by atoms with Gasteiger partial charge in [-0.25, -0.2) is 9.59 Å². The van der Waals surface area contributed by atoms with Gasteiger partial charge in [0.1, 0.15) is 0 Å². The molecule has 0 radical (unpaired) electrons. The van der Waals surface area contributed by atoms with E-state index in [2.05, 4.69) is 0 Å². The van der Waals surface area contributed by atoms with Crippen LogP contribution < -0.4 is 0 Å². The molecular formula is C4H8BaO5. The average Bonchev–Trinajstić information content (AvgIpc) is 1.61. The van der Waals surface area contributed by atoms with Crippen molar-refractivity contribution in [1.82, 2.24) is 0 Å². The summed E-state index contributed by atoms with van der Waals surface area (Å²) < 4.78 is 0. The number of rotatable bonds is 2. The van der Waals surface area contributed by atoms with Crippen LogP contribution in [0.3, 0.4) is 0 Å². The standard InChI is InChI=1S/C4H4O4.Ba.H2O.2H/c5-3(6)1-2-4(7)8;;;;/h1-2H,(H,5,6)(H,7,8);;1H2;;/b2-1-;;;;. The van der Waals surface area contributed by atoms with Crippen molar-refractivity contribution in [1.29, 1.82) is 0 Å². The number of hydrogen-bond acceptors (Lipinski definition) is 2. The minimum absolute atomic E-state index is 0. The van der Waals surface area contributed by atoms with Crippen LogP contribution in [-0.4, -0.2) is 76.5 Å². The van der Waals surface area contributed by atoms with Crippen molar-refractivity contribution in [2.45, 2.75) is 0 Å². The monoisotopic (exact) mass is 274 g/mol. The Morgan fingerprint density at radius 2 is 1.20 bits per heavy atom. The van der Waals surface area contributed by atoms with Gasteiger partial charge < -0.3 is 15.7 Å². The second-order valence-electron chi connectivity index (χ2n) is 1.01. The summed E-state index contributed by atoms with van der Waals surface area (Å²) in [4.78, 5) is 19.1. The zero-order valence-corrected chi connectivity index (χ0v) is 4.37. The van der Waals surface area contributed by atoms with Gasteiger partial charge in [-0.1, -0.05) is 0 Å². The van der Waals surface area contributed by atoms with Gasteiger partial charge in [-0.2, -0.15) is 0 Å². The van der Waals surface area contributed by atoms with Crippen LogP contribution in [-0.2, 0) is 9.59 Å². The maximum atomic E-state index is 9.55. The molecule has 0 aromatic rings. The molecule has 4 N–H and O–H groups in total. The van der Waals surface area contributed by atoms with Crippen LogP contribution in [0.4, 0.5) is 0 Å². The molecule has 0 aliphatic carbocycles. The van der Waals surface area contributed by atoms with E-state index < -0.39 is 11.9 Å². The van der Waals surface area contributed by atoms with Gasteiger partial charge >= 0.3 is 60.8 Å². The summed E-state index contributed by atoms with van der Waals surface area (Å²) in [7, 11) is 0. The topological polar surface area (TPSA) is 106 Å². The van der Waals surface area contributed by atoms with Crippen molar-refractivity contribution in [2.24, 2.45) is 0 Å². The van der Waals surface area contributed by atoms with Crippen molar-refractivity contribution in [3.8, 4) is 0 Å². The number of carboxylic acids is 2. The summed E-state index contributed by atoms with van der Waals surface area (Å²) >= 11 is 0. The molecule has 6 heteroatoms. The maximum absolute atomic E-state index is 9.55. The van der Waals surface area contributed by atoms with Gasteiger partial charge in [0.15, 0.2) is 0 Å². The Morgan fingerprint density at radius 3 is 1.30 bits per heavy atom. The first-order valence-electron chi connectivity index (χ1n) is 1.77. The van der Waals surface area contributed by atoms with E-state index in [1.807, 2.05) is 0 Å². The third-order valence-electron chi connectivity index (χ3n) is 0.368. The molecule has 0 aliphatic rings. The fourth-order valence-electron chi connectivity index (χ4n) is 0.143. The molecule has 0 unspecified atom stereocenters. The van der Waals surface area contributed by atoms with Gasteiger partial charge in [0.2, 0.25) is 0 Å². The summed E-state index contributed by atoms with van der Waals surface area (Å²) in [5, 5.41) is 15.6. The zero-order valence-electron chi connectivity index (χ0n) is 4.37. The zero-order chi connectivity index (χ0) is 6.57. The summed E-state index contributed by atoms with van der Waals surface area (Å²) in [6.45, 7) is 0. The molecule has 0 saturated carbocycles. The molecule has 0 amide bonds. The van der Waals surface area contributed by atoms with E-state index in [4.69, 9.17) is 10.2 Å². The molecule has 0 heterocycles. The third-order valence-corrected chi connectivity index (χ3v) is 0.368. The van der Waals surface area contributed by atoms with Gasteiger partial charge in [-0.05, 0) is 0 Å². The van der Waals surface area contributed by atoms with Crippen LogP contribution in [0.1, 0.15) is 0 Å². The molecule has 56 valence electrons. The molecule has 0 fully saturated rings. The Bertz CT molecular complexity index is 125. The van der Waals surface area contributed by atoms with Crippen LogP contribution in [0.25, 0.3) is 0 Å².